The number of rotatable bonds is 8. The summed E-state index contributed by atoms with van der Waals surface area (Å²) in [5, 5.41) is 13.2. The summed E-state index contributed by atoms with van der Waals surface area (Å²) in [7, 11) is 0. The molecule has 8 rings (SSSR count). The van der Waals surface area contributed by atoms with Gasteiger partial charge in [0.2, 0.25) is 12.2 Å². The van der Waals surface area contributed by atoms with Crippen molar-refractivity contribution >= 4 is 21.5 Å². The minimum absolute atomic E-state index is 0.0185. The largest absolute Gasteiger partial charge is 0.461 e. The van der Waals surface area contributed by atoms with Crippen LogP contribution in [-0.4, -0.2) is 41.9 Å². The molecule has 1 aliphatic carbocycles. The molecule has 0 spiro atoms. The predicted molar refractivity (Wildman–Crippen MR) is 172 cm³/mol. The highest BCUT2D eigenvalue weighted by Crippen LogP contribution is 2.45. The fourth-order valence-corrected chi connectivity index (χ4v) is 6.28. The second kappa shape index (κ2) is 14.1. The van der Waals surface area contributed by atoms with Crippen LogP contribution < -0.4 is 0 Å². The molecule has 9 nitrogen and oxygen atoms in total. The maximum Gasteiger partial charge on any atom is 0.421 e. The van der Waals surface area contributed by atoms with Crippen molar-refractivity contribution in [1.82, 2.24) is 29.5 Å². The normalized spacial score (nSPS) is 14.6. The molecular weight excluding hydrogens is 678 g/mol. The first-order valence-electron chi connectivity index (χ1n) is 16.1. The van der Waals surface area contributed by atoms with E-state index in [-0.39, 0.29) is 24.6 Å². The molecule has 3 aromatic carbocycles. The predicted octanol–water partition coefficient (Wildman–Crippen LogP) is 8.95. The molecule has 0 N–H and O–H groups in total. The van der Waals surface area contributed by atoms with Crippen molar-refractivity contribution < 1.29 is 39.9 Å². The van der Waals surface area contributed by atoms with Gasteiger partial charge in [-0.05, 0) is 82.6 Å². The Bertz CT molecular complexity index is 2120. The van der Waals surface area contributed by atoms with Gasteiger partial charge in [-0.15, -0.1) is 0 Å². The molecule has 15 heteroatoms. The fraction of sp³-hybridized carbons (Fsp3) is 0.278. The van der Waals surface area contributed by atoms with Gasteiger partial charge in [-0.25, -0.2) is 19.3 Å². The smallest absolute Gasteiger partial charge is 0.421 e. The maximum atomic E-state index is 13.7. The first-order chi connectivity index (χ1) is 24.5. The van der Waals surface area contributed by atoms with Crippen molar-refractivity contribution in [2.45, 2.75) is 63.3 Å². The molecule has 0 saturated heterocycles. The first kappa shape index (κ1) is 34.0. The third-order valence-electron chi connectivity index (χ3n) is 8.57. The molecule has 264 valence electrons. The van der Waals surface area contributed by atoms with E-state index < -0.39 is 36.1 Å². The number of hydrogen-bond acceptors (Lipinski definition) is 7. The van der Waals surface area contributed by atoms with Crippen LogP contribution in [0.25, 0.3) is 21.5 Å². The quantitative estimate of drug-likeness (QED) is 0.115. The minimum Gasteiger partial charge on any atom is -0.461 e. The first-order valence-corrected chi connectivity index (χ1v) is 16.1. The fourth-order valence-electron chi connectivity index (χ4n) is 6.28. The lowest BCUT2D eigenvalue weighted by molar-refractivity contribution is -0.298. The summed E-state index contributed by atoms with van der Waals surface area (Å²) in [5.41, 5.74) is 3.17. The van der Waals surface area contributed by atoms with E-state index in [1.165, 1.54) is 94.0 Å². The molecule has 1 aliphatic rings. The number of nitrogens with zero attached hydrogens (tertiary/aromatic N) is 6. The average Bonchev–Trinajstić information content (AvgIpc) is 3.95. The summed E-state index contributed by atoms with van der Waals surface area (Å²) in [6, 6.07) is 22.1. The van der Waals surface area contributed by atoms with E-state index in [2.05, 4.69) is 73.4 Å². The van der Waals surface area contributed by atoms with Gasteiger partial charge in [0.15, 0.2) is 0 Å². The van der Waals surface area contributed by atoms with E-state index in [1.54, 1.807) is 11.1 Å². The zero-order chi connectivity index (χ0) is 35.6. The van der Waals surface area contributed by atoms with Gasteiger partial charge in [0.25, 0.3) is 0 Å². The summed E-state index contributed by atoms with van der Waals surface area (Å²) in [5.74, 6) is -1.66. The van der Waals surface area contributed by atoms with Crippen molar-refractivity contribution in [3.05, 3.63) is 132 Å². The molecule has 0 saturated carbocycles. The molecule has 51 heavy (non-hydrogen) atoms. The number of ether oxygens (including phenoxy) is 1. The van der Waals surface area contributed by atoms with E-state index in [0.717, 1.165) is 12.1 Å². The van der Waals surface area contributed by atoms with Crippen molar-refractivity contribution in [3.8, 4) is 0 Å². The van der Waals surface area contributed by atoms with Gasteiger partial charge < -0.3 is 13.6 Å². The SMILES string of the molecule is FC(F)(F)C(OC(c1ccc(Cn2cncn2)o1)C(F)(F)F)c1ccc(Cn2cncn2)o1.c1ccc2c(c1)ccc1c3c(ccc12)CCCC3. The number of aryl methyl sites for hydroxylation is 2. The summed E-state index contributed by atoms with van der Waals surface area (Å²) in [6.07, 6.45) is -6.19. The Morgan fingerprint density at radius 2 is 1.20 bits per heavy atom. The van der Waals surface area contributed by atoms with Gasteiger partial charge in [0, 0.05) is 0 Å². The summed E-state index contributed by atoms with van der Waals surface area (Å²) in [4.78, 5) is 7.37. The van der Waals surface area contributed by atoms with Crippen LogP contribution in [0.3, 0.4) is 0 Å². The highest BCUT2D eigenvalue weighted by Gasteiger charge is 2.52. The number of hydrogen-bond donors (Lipinski definition) is 0. The Balaban J connectivity index is 0.000000188. The van der Waals surface area contributed by atoms with Crippen molar-refractivity contribution in [1.29, 1.82) is 0 Å². The summed E-state index contributed by atoms with van der Waals surface area (Å²) in [6.45, 7) is -0.145. The van der Waals surface area contributed by atoms with Gasteiger partial charge in [-0.2, -0.15) is 36.5 Å². The molecule has 4 heterocycles. The Kier molecular flexibility index (Phi) is 9.38. The van der Waals surface area contributed by atoms with Crippen LogP contribution in [-0.2, 0) is 30.7 Å². The van der Waals surface area contributed by atoms with Gasteiger partial charge >= 0.3 is 12.4 Å². The lowest BCUT2D eigenvalue weighted by Crippen LogP contribution is -2.31. The highest BCUT2D eigenvalue weighted by molar-refractivity contribution is 6.08. The van der Waals surface area contributed by atoms with Crippen molar-refractivity contribution in [3.63, 3.8) is 0 Å². The standard InChI is InChI=1S/C18H14F6N6O3.C18H16/c19-17(20,21)15(13-3-1-11(31-13)5-29-9-25-7-27-29)33-16(18(22,23)24)14-4-2-12(32-14)6-30-10-26-8-28-30;1-3-7-15-13(5-1)9-11-18-16-8-4-2-6-14(16)10-12-17(15)18/h1-4,7-10,15-16H,5-6H2;1,3,5,7,9-12H,2,4,6,8H2. The average molecular weight is 709 g/mol. The molecule has 4 aromatic heterocycles. The van der Waals surface area contributed by atoms with E-state index in [9.17, 15) is 26.3 Å². The molecule has 0 fully saturated rings. The van der Waals surface area contributed by atoms with Crippen LogP contribution in [0.15, 0.2) is 107 Å². The second-order valence-corrected chi connectivity index (χ2v) is 12.1. The second-order valence-electron chi connectivity index (χ2n) is 12.1. The van der Waals surface area contributed by atoms with Gasteiger partial charge in [0.1, 0.15) is 61.4 Å². The number of alkyl halides is 6. The molecule has 0 aliphatic heterocycles. The maximum absolute atomic E-state index is 13.7. The topological polar surface area (TPSA) is 96.9 Å². The number of halogens is 6. The van der Waals surface area contributed by atoms with Gasteiger partial charge in [0.05, 0.1) is 0 Å². The van der Waals surface area contributed by atoms with E-state index in [1.807, 2.05) is 0 Å². The third kappa shape index (κ3) is 7.67. The zero-order valence-electron chi connectivity index (χ0n) is 26.8. The summed E-state index contributed by atoms with van der Waals surface area (Å²) < 4.78 is 99.4. The Morgan fingerprint density at radius 3 is 1.76 bits per heavy atom. The van der Waals surface area contributed by atoms with Crippen molar-refractivity contribution in [2.24, 2.45) is 0 Å². The van der Waals surface area contributed by atoms with Crippen LogP contribution >= 0.6 is 0 Å². The van der Waals surface area contributed by atoms with E-state index in [4.69, 9.17) is 8.83 Å². The van der Waals surface area contributed by atoms with Crippen molar-refractivity contribution in [2.75, 3.05) is 0 Å². The number of fused-ring (bicyclic) bond motifs is 5. The van der Waals surface area contributed by atoms with Crippen LogP contribution in [0.5, 0.6) is 0 Å². The Morgan fingerprint density at radius 1 is 0.627 bits per heavy atom. The van der Waals surface area contributed by atoms with Crippen LogP contribution in [0.1, 0.15) is 59.2 Å². The van der Waals surface area contributed by atoms with E-state index >= 15 is 0 Å². The van der Waals surface area contributed by atoms with Crippen LogP contribution in [0.4, 0.5) is 26.3 Å². The third-order valence-corrected chi connectivity index (χ3v) is 8.57. The van der Waals surface area contributed by atoms with Crippen LogP contribution in [0, 0.1) is 0 Å². The molecule has 0 bridgehead atoms. The van der Waals surface area contributed by atoms with Gasteiger partial charge in [-0.3, -0.25) is 0 Å². The number of aromatic nitrogens is 6. The Hall–Kier alpha value is -5.44. The van der Waals surface area contributed by atoms with Crippen LogP contribution in [0.2, 0.25) is 0 Å². The zero-order valence-corrected chi connectivity index (χ0v) is 26.8. The molecule has 0 amide bonds. The number of benzene rings is 3. The summed E-state index contributed by atoms with van der Waals surface area (Å²) >= 11 is 0. The molecule has 0 radical (unpaired) electrons. The lowest BCUT2D eigenvalue weighted by atomic mass is 9.86. The minimum atomic E-state index is -5.21. The number of furan rings is 2. The molecule has 2 atom stereocenters. The molecule has 2 unspecified atom stereocenters. The Labute approximate surface area is 286 Å². The van der Waals surface area contributed by atoms with E-state index in [0.29, 0.717) is 0 Å². The van der Waals surface area contributed by atoms with Gasteiger partial charge in [-0.1, -0.05) is 48.5 Å². The molecule has 7 aromatic rings. The monoisotopic (exact) mass is 708 g/mol. The highest BCUT2D eigenvalue weighted by atomic mass is 19.4. The molecular formula is C36H30F6N6O3. The lowest BCUT2D eigenvalue weighted by Gasteiger charge is -2.25.